The van der Waals surface area contributed by atoms with Crippen LogP contribution < -0.4 is 20.0 Å². The van der Waals surface area contributed by atoms with E-state index in [2.05, 4.69) is 40.3 Å². The molecular weight excluding hydrogens is 542 g/mol. The monoisotopic (exact) mass is 581 g/mol. The number of carbonyl (C=O) groups is 2. The summed E-state index contributed by atoms with van der Waals surface area (Å²) in [5.74, 6) is 0.461. The van der Waals surface area contributed by atoms with E-state index >= 15 is 0 Å². The second kappa shape index (κ2) is 13.1. The maximum absolute atomic E-state index is 13.7. The van der Waals surface area contributed by atoms with Crippen LogP contribution >= 0.6 is 0 Å². The normalized spacial score (nSPS) is 15.2. The van der Waals surface area contributed by atoms with Crippen LogP contribution in [-0.4, -0.2) is 73.2 Å². The fraction of sp³-hybridized carbons (Fsp3) is 0.333. The second-order valence-corrected chi connectivity index (χ2v) is 10.9. The molecule has 0 spiro atoms. The molecule has 3 heterocycles. The van der Waals surface area contributed by atoms with Crippen molar-refractivity contribution in [2.75, 3.05) is 66.4 Å². The minimum atomic E-state index is -0.389. The lowest BCUT2D eigenvalue weighted by Gasteiger charge is -2.37. The lowest BCUT2D eigenvalue weighted by atomic mass is 10.1. The van der Waals surface area contributed by atoms with Crippen LogP contribution in [0.15, 0.2) is 67.9 Å². The highest BCUT2D eigenvalue weighted by molar-refractivity contribution is 6.06. The number of nitrogens with one attached hydrogen (secondary N) is 1. The summed E-state index contributed by atoms with van der Waals surface area (Å²) in [7, 11) is 2.10. The van der Waals surface area contributed by atoms with E-state index in [1.807, 2.05) is 44.2 Å². The first-order chi connectivity index (χ1) is 20.8. The van der Waals surface area contributed by atoms with Crippen molar-refractivity contribution < 1.29 is 14.3 Å². The predicted molar refractivity (Wildman–Crippen MR) is 172 cm³/mol. The summed E-state index contributed by atoms with van der Waals surface area (Å²) in [6.45, 7) is 16.0. The Bertz CT molecular complexity index is 1510. The number of benzene rings is 2. The maximum atomic E-state index is 13.7. The first-order valence-electron chi connectivity index (χ1n) is 14.5. The molecule has 0 radical (unpaired) electrons. The molecule has 0 bridgehead atoms. The number of aryl methyl sites for hydroxylation is 2. The number of amides is 2. The quantitative estimate of drug-likeness (QED) is 0.192. The van der Waals surface area contributed by atoms with Crippen molar-refractivity contribution in [1.82, 2.24) is 14.9 Å². The number of urea groups is 1. The Labute approximate surface area is 253 Å². The molecule has 1 aromatic heterocycles. The van der Waals surface area contributed by atoms with Crippen molar-refractivity contribution in [3.05, 3.63) is 90.2 Å². The molecule has 1 N–H and O–H groups in total. The van der Waals surface area contributed by atoms with Gasteiger partial charge in [0.2, 0.25) is 5.95 Å². The molecule has 0 unspecified atom stereocenters. The van der Waals surface area contributed by atoms with E-state index in [1.165, 1.54) is 0 Å². The van der Waals surface area contributed by atoms with Gasteiger partial charge in [0.15, 0.2) is 0 Å². The van der Waals surface area contributed by atoms with E-state index < -0.39 is 0 Å². The van der Waals surface area contributed by atoms with Gasteiger partial charge in [-0.15, -0.1) is 13.2 Å². The predicted octanol–water partition coefficient (Wildman–Crippen LogP) is 5.45. The summed E-state index contributed by atoms with van der Waals surface area (Å²) in [5, 5.41) is 3.24. The molecule has 2 aromatic carbocycles. The van der Waals surface area contributed by atoms with Gasteiger partial charge in [0.25, 0.3) is 0 Å². The molecular formula is C33H39N7O3. The molecule has 224 valence electrons. The zero-order chi connectivity index (χ0) is 30.5. The molecule has 2 aliphatic rings. The van der Waals surface area contributed by atoms with E-state index in [4.69, 9.17) is 9.72 Å². The lowest BCUT2D eigenvalue weighted by molar-refractivity contribution is 0.0512. The van der Waals surface area contributed by atoms with E-state index in [1.54, 1.807) is 34.2 Å². The minimum absolute atomic E-state index is 0.171. The van der Waals surface area contributed by atoms with Crippen molar-refractivity contribution in [2.24, 2.45) is 0 Å². The van der Waals surface area contributed by atoms with Gasteiger partial charge in [-0.3, -0.25) is 9.80 Å². The Kier molecular flexibility index (Phi) is 9.06. The summed E-state index contributed by atoms with van der Waals surface area (Å²) in [6.07, 6.45) is 5.74. The van der Waals surface area contributed by atoms with Crippen LogP contribution in [0.5, 0.6) is 0 Å². The average Bonchev–Trinajstić information content (AvgIpc) is 3.00. The van der Waals surface area contributed by atoms with Gasteiger partial charge in [0.1, 0.15) is 5.82 Å². The summed E-state index contributed by atoms with van der Waals surface area (Å²) < 4.78 is 5.55. The number of esters is 1. The van der Waals surface area contributed by atoms with Crippen LogP contribution in [0.3, 0.4) is 0 Å². The van der Waals surface area contributed by atoms with Crippen LogP contribution in [0.4, 0.5) is 33.6 Å². The van der Waals surface area contributed by atoms with Crippen LogP contribution in [-0.2, 0) is 11.3 Å². The highest BCUT2D eigenvalue weighted by atomic mass is 16.5. The number of hydrogen-bond acceptors (Lipinski definition) is 8. The minimum Gasteiger partial charge on any atom is -0.462 e. The van der Waals surface area contributed by atoms with Gasteiger partial charge in [0, 0.05) is 50.2 Å². The van der Waals surface area contributed by atoms with Crippen molar-refractivity contribution >= 4 is 40.8 Å². The number of piperazine rings is 1. The number of aromatic nitrogens is 2. The van der Waals surface area contributed by atoms with Crippen LogP contribution in [0.1, 0.15) is 33.5 Å². The Morgan fingerprint density at radius 1 is 1.07 bits per heavy atom. The van der Waals surface area contributed by atoms with E-state index in [0.29, 0.717) is 42.5 Å². The van der Waals surface area contributed by atoms with Gasteiger partial charge in [-0.2, -0.15) is 4.98 Å². The fourth-order valence-electron chi connectivity index (χ4n) is 5.52. The third-order valence-electron chi connectivity index (χ3n) is 7.78. The lowest BCUT2D eigenvalue weighted by Crippen LogP contribution is -2.48. The number of rotatable bonds is 10. The van der Waals surface area contributed by atoms with Gasteiger partial charge in [0.05, 0.1) is 30.1 Å². The number of fused-ring (bicyclic) bond motifs is 1. The molecule has 10 heteroatoms. The molecule has 3 aromatic rings. The summed E-state index contributed by atoms with van der Waals surface area (Å²) >= 11 is 0. The Balaban J connectivity index is 1.44. The zero-order valence-corrected chi connectivity index (χ0v) is 25.2. The number of para-hydroxylation sites is 1. The number of nitrogens with zero attached hydrogens (tertiary/aromatic N) is 6. The first-order valence-corrected chi connectivity index (χ1v) is 14.5. The number of anilines is 5. The van der Waals surface area contributed by atoms with Gasteiger partial charge in [-0.25, -0.2) is 14.6 Å². The molecule has 1 fully saturated rings. The van der Waals surface area contributed by atoms with Gasteiger partial charge < -0.3 is 19.9 Å². The average molecular weight is 582 g/mol. The van der Waals surface area contributed by atoms with Crippen LogP contribution in [0.25, 0.3) is 0 Å². The summed E-state index contributed by atoms with van der Waals surface area (Å²) in [4.78, 5) is 44.1. The van der Waals surface area contributed by atoms with Gasteiger partial charge >= 0.3 is 12.0 Å². The van der Waals surface area contributed by atoms with Gasteiger partial charge in [-0.1, -0.05) is 30.4 Å². The second-order valence-electron chi connectivity index (χ2n) is 10.9. The molecule has 43 heavy (non-hydrogen) atoms. The van der Waals surface area contributed by atoms with Gasteiger partial charge in [-0.05, 0) is 56.6 Å². The van der Waals surface area contributed by atoms with Crippen molar-refractivity contribution in [1.29, 1.82) is 0 Å². The number of carbonyl (C=O) groups excluding carboxylic acids is 2. The molecule has 2 amide bonds. The molecule has 10 nitrogen and oxygen atoms in total. The number of hydrogen-bond donors (Lipinski definition) is 1. The Hall–Kier alpha value is -4.70. The van der Waals surface area contributed by atoms with E-state index in [-0.39, 0.29) is 18.6 Å². The van der Waals surface area contributed by atoms with E-state index in [9.17, 15) is 9.59 Å². The van der Waals surface area contributed by atoms with Crippen molar-refractivity contribution in [2.45, 2.75) is 26.8 Å². The van der Waals surface area contributed by atoms with Crippen molar-refractivity contribution in [3.8, 4) is 0 Å². The molecule has 2 aliphatic heterocycles. The number of likely N-dealkylation sites (N-methyl/N-ethyl adjacent to an activating group) is 1. The van der Waals surface area contributed by atoms with Crippen LogP contribution in [0, 0.1) is 13.8 Å². The molecule has 5 rings (SSSR count). The highest BCUT2D eigenvalue weighted by Gasteiger charge is 2.34. The number of ether oxygens (including phenoxy) is 1. The smallest absolute Gasteiger partial charge is 0.340 e. The Morgan fingerprint density at radius 3 is 2.51 bits per heavy atom. The standard InChI is InChI=1S/C33H39N7O3/c1-6-8-19-43-31(41)27-20-26(12-13-28(27)38-17-15-37(5)16-18-38)35-32-34-21-25-22-40(29-23(3)10-9-11-24(29)4)33(42)39(14-7-2)30(25)36-32/h6-7,9-13,20-21H,1-2,8,14-19,22H2,3-5H3,(H,34,35,36). The summed E-state index contributed by atoms with van der Waals surface area (Å²) in [6, 6.07) is 11.5. The Morgan fingerprint density at radius 2 is 1.81 bits per heavy atom. The third-order valence-corrected chi connectivity index (χ3v) is 7.78. The third kappa shape index (κ3) is 6.39. The molecule has 0 atom stereocenters. The maximum Gasteiger partial charge on any atom is 0.340 e. The molecule has 1 saturated heterocycles. The largest absolute Gasteiger partial charge is 0.462 e. The SMILES string of the molecule is C=CCCOC(=O)c1cc(Nc2ncc3c(n2)N(CC=C)C(=O)N(c2c(C)cccc2C)C3)ccc1N1CCN(C)CC1. The topological polar surface area (TPSA) is 94.1 Å². The van der Waals surface area contributed by atoms with Crippen LogP contribution in [0.2, 0.25) is 0 Å². The molecule has 0 aliphatic carbocycles. The zero-order valence-electron chi connectivity index (χ0n) is 25.2. The van der Waals surface area contributed by atoms with Crippen molar-refractivity contribution in [3.63, 3.8) is 0 Å². The van der Waals surface area contributed by atoms with E-state index in [0.717, 1.165) is 54.2 Å². The summed E-state index contributed by atoms with van der Waals surface area (Å²) in [5.41, 5.74) is 5.71. The highest BCUT2D eigenvalue weighted by Crippen LogP contribution is 2.35. The molecule has 0 saturated carbocycles. The fourth-order valence-corrected chi connectivity index (χ4v) is 5.52. The first kappa shape index (κ1) is 29.8.